The Morgan fingerprint density at radius 2 is 1.72 bits per heavy atom. The lowest BCUT2D eigenvalue weighted by atomic mass is 9.90. The van der Waals surface area contributed by atoms with Gasteiger partial charge in [0.05, 0.1) is 31.5 Å². The van der Waals surface area contributed by atoms with Crippen LogP contribution in [0.5, 0.6) is 0 Å². The van der Waals surface area contributed by atoms with E-state index in [-0.39, 0.29) is 50.5 Å². The van der Waals surface area contributed by atoms with E-state index in [0.29, 0.717) is 13.1 Å². The fourth-order valence-corrected chi connectivity index (χ4v) is 4.96. The summed E-state index contributed by atoms with van der Waals surface area (Å²) in [7, 11) is 0. The number of amides is 2. The van der Waals surface area contributed by atoms with Crippen LogP contribution < -0.4 is 10.6 Å². The Morgan fingerprint density at radius 1 is 1.03 bits per heavy atom. The van der Waals surface area contributed by atoms with E-state index in [9.17, 15) is 19.8 Å². The van der Waals surface area contributed by atoms with E-state index in [2.05, 4.69) is 22.5 Å². The van der Waals surface area contributed by atoms with Crippen molar-refractivity contribution in [2.24, 2.45) is 5.92 Å². The fraction of sp³-hybridized carbons (Fsp3) is 0.517. The zero-order valence-electron chi connectivity index (χ0n) is 22.5. The normalized spacial score (nSPS) is 25.3. The van der Waals surface area contributed by atoms with Gasteiger partial charge >= 0.3 is 12.0 Å². The van der Waals surface area contributed by atoms with Crippen LogP contribution in [0.2, 0.25) is 0 Å². The summed E-state index contributed by atoms with van der Waals surface area (Å²) in [6, 6.07) is 15.0. The summed E-state index contributed by atoms with van der Waals surface area (Å²) in [6.07, 6.45) is -0.439. The van der Waals surface area contributed by atoms with Gasteiger partial charge in [-0.3, -0.25) is 9.69 Å². The molecule has 5 unspecified atom stereocenters. The molecule has 2 aromatic rings. The van der Waals surface area contributed by atoms with E-state index >= 15 is 0 Å². The van der Waals surface area contributed by atoms with E-state index in [1.807, 2.05) is 48.5 Å². The van der Waals surface area contributed by atoms with Crippen molar-refractivity contribution in [1.29, 1.82) is 0 Å². The van der Waals surface area contributed by atoms with Gasteiger partial charge in [0.1, 0.15) is 6.54 Å². The Bertz CT molecular complexity index is 1080. The monoisotopic (exact) mass is 541 g/mol. The van der Waals surface area contributed by atoms with Crippen molar-refractivity contribution >= 4 is 12.0 Å². The van der Waals surface area contributed by atoms with Crippen molar-refractivity contribution in [3.05, 3.63) is 70.8 Å². The molecule has 0 saturated carbocycles. The molecule has 0 radical (unpaired) electrons. The molecule has 2 aliphatic rings. The van der Waals surface area contributed by atoms with Gasteiger partial charge < -0.3 is 35.1 Å². The van der Waals surface area contributed by atoms with Crippen LogP contribution in [0.15, 0.2) is 48.5 Å². The Hall–Kier alpha value is -3.02. The van der Waals surface area contributed by atoms with Crippen LogP contribution in [0.3, 0.4) is 0 Å². The van der Waals surface area contributed by atoms with Gasteiger partial charge in [-0.05, 0) is 30.0 Å². The number of β-amino-alcohol motifs (C(OH)–C–C–N with tert-alkyl or cyclic N) is 1. The second kappa shape index (κ2) is 13.9. The lowest BCUT2D eigenvalue weighted by molar-refractivity contribution is -0.276. The molecule has 0 bridgehead atoms. The van der Waals surface area contributed by atoms with Crippen molar-refractivity contribution in [1.82, 2.24) is 15.5 Å². The SMILES string of the molecule is CCOC(=O)CNC(=O)NCc1ccc(C2OC(CN3CCC(O)C3)C(C)C(c3ccc(CO)cc3)O2)cc1. The van der Waals surface area contributed by atoms with Gasteiger partial charge in [-0.25, -0.2) is 4.79 Å². The molecule has 0 aliphatic carbocycles. The van der Waals surface area contributed by atoms with E-state index in [0.717, 1.165) is 35.2 Å². The molecule has 4 N–H and O–H groups in total. The number of esters is 1. The van der Waals surface area contributed by atoms with Gasteiger partial charge in [0.15, 0.2) is 6.29 Å². The number of aliphatic hydroxyl groups is 2. The number of hydrogen-bond acceptors (Lipinski definition) is 8. The van der Waals surface area contributed by atoms with E-state index in [1.165, 1.54) is 0 Å². The first-order valence-electron chi connectivity index (χ1n) is 13.5. The highest BCUT2D eigenvalue weighted by atomic mass is 16.7. The van der Waals surface area contributed by atoms with Crippen LogP contribution >= 0.6 is 0 Å². The van der Waals surface area contributed by atoms with Crippen LogP contribution in [-0.4, -0.2) is 72.1 Å². The Labute approximate surface area is 229 Å². The summed E-state index contributed by atoms with van der Waals surface area (Å²) in [6.45, 7) is 6.37. The number of nitrogens with zero attached hydrogens (tertiary/aromatic N) is 1. The highest BCUT2D eigenvalue weighted by Crippen LogP contribution is 2.42. The Balaban J connectivity index is 1.42. The molecule has 212 valence electrons. The molecule has 5 atom stereocenters. The van der Waals surface area contributed by atoms with Crippen LogP contribution in [0.25, 0.3) is 0 Å². The quantitative estimate of drug-likeness (QED) is 0.338. The van der Waals surface area contributed by atoms with Gasteiger partial charge in [-0.15, -0.1) is 0 Å². The molecule has 39 heavy (non-hydrogen) atoms. The molecule has 2 aliphatic heterocycles. The predicted octanol–water partition coefficient (Wildman–Crippen LogP) is 2.40. The summed E-state index contributed by atoms with van der Waals surface area (Å²) in [5.74, 6) is -0.420. The van der Waals surface area contributed by atoms with E-state index in [4.69, 9.17) is 14.2 Å². The summed E-state index contributed by atoms with van der Waals surface area (Å²) >= 11 is 0. The van der Waals surface area contributed by atoms with Crippen molar-refractivity contribution in [3.8, 4) is 0 Å². The largest absolute Gasteiger partial charge is 0.465 e. The number of benzene rings is 2. The van der Waals surface area contributed by atoms with Gasteiger partial charge in [-0.1, -0.05) is 55.5 Å². The molecule has 4 rings (SSSR count). The van der Waals surface area contributed by atoms with Gasteiger partial charge in [0.25, 0.3) is 0 Å². The maximum atomic E-state index is 12.0. The second-order valence-corrected chi connectivity index (χ2v) is 10.1. The van der Waals surface area contributed by atoms with E-state index in [1.54, 1.807) is 6.92 Å². The number of aliphatic hydroxyl groups excluding tert-OH is 2. The van der Waals surface area contributed by atoms with Crippen LogP contribution in [0.4, 0.5) is 4.79 Å². The molecule has 2 heterocycles. The molecule has 2 fully saturated rings. The minimum absolute atomic E-state index is 0.0126. The Morgan fingerprint density at radius 3 is 2.36 bits per heavy atom. The highest BCUT2D eigenvalue weighted by Gasteiger charge is 2.39. The Kier molecular flexibility index (Phi) is 10.3. The molecular formula is C29H39N3O7. The molecule has 2 saturated heterocycles. The minimum Gasteiger partial charge on any atom is -0.465 e. The van der Waals surface area contributed by atoms with Gasteiger partial charge in [0.2, 0.25) is 0 Å². The zero-order chi connectivity index (χ0) is 27.8. The average Bonchev–Trinajstić information content (AvgIpc) is 3.36. The minimum atomic E-state index is -0.587. The van der Waals surface area contributed by atoms with E-state index < -0.39 is 18.3 Å². The van der Waals surface area contributed by atoms with Crippen LogP contribution in [0, 0.1) is 5.92 Å². The summed E-state index contributed by atoms with van der Waals surface area (Å²) in [5, 5.41) is 24.6. The molecule has 0 spiro atoms. The molecule has 2 amide bonds. The number of nitrogens with one attached hydrogen (secondary N) is 2. The summed E-state index contributed by atoms with van der Waals surface area (Å²) in [4.78, 5) is 25.6. The number of hydrogen-bond donors (Lipinski definition) is 4. The maximum Gasteiger partial charge on any atom is 0.325 e. The zero-order valence-corrected chi connectivity index (χ0v) is 22.5. The van der Waals surface area contributed by atoms with Gasteiger partial charge in [-0.2, -0.15) is 0 Å². The molecule has 10 nitrogen and oxygen atoms in total. The number of urea groups is 1. The lowest BCUT2D eigenvalue weighted by Crippen LogP contribution is -2.44. The van der Waals surface area contributed by atoms with Crippen molar-refractivity contribution < 1.29 is 34.0 Å². The number of rotatable bonds is 10. The standard InChI is InChI=1S/C29H39N3O7/c1-3-37-26(35)15-31-29(36)30-14-20-4-10-23(11-5-20)28-38-25(17-32-13-12-24(34)16-32)19(2)27(39-28)22-8-6-21(18-33)7-9-22/h4-11,19,24-25,27-28,33-34H,3,12-18H2,1-2H3,(H2,30,31,36). The van der Waals surface area contributed by atoms with Crippen molar-refractivity contribution in [2.75, 3.05) is 32.8 Å². The number of likely N-dealkylation sites (tertiary alicyclic amines) is 1. The van der Waals surface area contributed by atoms with Crippen LogP contribution in [-0.2, 0) is 32.2 Å². The smallest absolute Gasteiger partial charge is 0.325 e. The van der Waals surface area contributed by atoms with Crippen molar-refractivity contribution in [2.45, 2.75) is 58.0 Å². The predicted molar refractivity (Wildman–Crippen MR) is 143 cm³/mol. The van der Waals surface area contributed by atoms with Crippen molar-refractivity contribution in [3.63, 3.8) is 0 Å². The third-order valence-corrected chi connectivity index (χ3v) is 7.21. The molecule has 0 aromatic heterocycles. The molecule has 10 heteroatoms. The third kappa shape index (κ3) is 8.00. The number of ether oxygens (including phenoxy) is 3. The van der Waals surface area contributed by atoms with Crippen LogP contribution in [0.1, 0.15) is 54.9 Å². The maximum absolute atomic E-state index is 12.0. The average molecular weight is 542 g/mol. The lowest BCUT2D eigenvalue weighted by Gasteiger charge is -2.42. The number of carbonyl (C=O) groups is 2. The summed E-state index contributed by atoms with van der Waals surface area (Å²) in [5.41, 5.74) is 3.61. The number of carbonyl (C=O) groups excluding carboxylic acids is 2. The topological polar surface area (TPSA) is 130 Å². The third-order valence-electron chi connectivity index (χ3n) is 7.21. The first-order valence-corrected chi connectivity index (χ1v) is 13.5. The van der Waals surface area contributed by atoms with Gasteiger partial charge in [0, 0.05) is 37.7 Å². The highest BCUT2D eigenvalue weighted by molar-refractivity contribution is 5.80. The summed E-state index contributed by atoms with van der Waals surface area (Å²) < 4.78 is 17.8. The first-order chi connectivity index (χ1) is 18.9. The first kappa shape index (κ1) is 29.0. The molecular weight excluding hydrogens is 502 g/mol. The molecule has 2 aromatic carbocycles. The fourth-order valence-electron chi connectivity index (χ4n) is 4.96. The second-order valence-electron chi connectivity index (χ2n) is 10.1.